The summed E-state index contributed by atoms with van der Waals surface area (Å²) in [5.74, 6) is -0.373. The van der Waals surface area contributed by atoms with Crippen LogP contribution in [0.2, 0.25) is 0 Å². The molecular weight excluding hydrogens is 302 g/mol. The summed E-state index contributed by atoms with van der Waals surface area (Å²) in [5.41, 5.74) is 1.13. The molecule has 5 nitrogen and oxygen atoms in total. The molecule has 0 N–H and O–H groups in total. The van der Waals surface area contributed by atoms with Gasteiger partial charge in [0.15, 0.2) is 5.69 Å². The molecule has 1 heterocycles. The Morgan fingerprint density at radius 2 is 1.71 bits per heavy atom. The number of hydrogen-bond acceptors (Lipinski definition) is 3. The number of hydrogen-bond donors (Lipinski definition) is 0. The zero-order valence-corrected chi connectivity index (χ0v) is 13.8. The van der Waals surface area contributed by atoms with Crippen molar-refractivity contribution in [1.82, 2.24) is 9.78 Å². The molecule has 24 heavy (non-hydrogen) atoms. The van der Waals surface area contributed by atoms with Gasteiger partial charge in [0.2, 0.25) is 5.43 Å². The lowest BCUT2D eigenvalue weighted by Gasteiger charge is -2.21. The number of carbonyl (C=O) groups is 1. The Balaban J connectivity index is 2.16. The molecule has 0 fully saturated rings. The van der Waals surface area contributed by atoms with Crippen LogP contribution >= 0.6 is 0 Å². The number of aromatic nitrogens is 2. The lowest BCUT2D eigenvalue weighted by Crippen LogP contribution is -2.36. The zero-order valence-electron chi connectivity index (χ0n) is 13.8. The second-order valence-electron chi connectivity index (χ2n) is 5.40. The largest absolute Gasteiger partial charge is 0.307 e. The average Bonchev–Trinajstić information content (AvgIpc) is 2.64. The summed E-state index contributed by atoms with van der Waals surface area (Å²) in [6.45, 7) is 4.86. The maximum atomic E-state index is 13.0. The number of aryl methyl sites for hydroxylation is 1. The number of para-hydroxylation sites is 2. The summed E-state index contributed by atoms with van der Waals surface area (Å²) >= 11 is 0. The minimum Gasteiger partial charge on any atom is -0.307 e. The van der Waals surface area contributed by atoms with E-state index in [1.807, 2.05) is 56.3 Å². The van der Waals surface area contributed by atoms with Gasteiger partial charge in [0.1, 0.15) is 0 Å². The van der Waals surface area contributed by atoms with E-state index < -0.39 is 0 Å². The highest BCUT2D eigenvalue weighted by atomic mass is 16.2. The van der Waals surface area contributed by atoms with Gasteiger partial charge in [-0.15, -0.1) is 0 Å². The summed E-state index contributed by atoms with van der Waals surface area (Å²) < 4.78 is 1.70. The maximum Gasteiger partial charge on any atom is 0.282 e. The fraction of sp³-hybridized carbons (Fsp3) is 0.211. The van der Waals surface area contributed by atoms with Crippen LogP contribution in [-0.4, -0.2) is 22.2 Å². The first-order chi connectivity index (χ1) is 11.7. The van der Waals surface area contributed by atoms with Gasteiger partial charge < -0.3 is 4.90 Å². The van der Waals surface area contributed by atoms with Crippen molar-refractivity contribution < 1.29 is 4.79 Å². The minimum atomic E-state index is -0.373. The molecule has 1 amide bonds. The van der Waals surface area contributed by atoms with Gasteiger partial charge in [0.05, 0.1) is 5.52 Å². The van der Waals surface area contributed by atoms with Crippen LogP contribution in [0.5, 0.6) is 0 Å². The zero-order chi connectivity index (χ0) is 17.1. The Morgan fingerprint density at radius 3 is 2.38 bits per heavy atom. The number of carbonyl (C=O) groups excluding carboxylic acids is 1. The van der Waals surface area contributed by atoms with Crippen LogP contribution in [0.3, 0.4) is 0 Å². The summed E-state index contributed by atoms with van der Waals surface area (Å²) in [6.07, 6.45) is 0. The van der Waals surface area contributed by atoms with Gasteiger partial charge in [-0.1, -0.05) is 30.3 Å². The number of amides is 1. The molecule has 0 unspecified atom stereocenters. The van der Waals surface area contributed by atoms with Crippen LogP contribution in [0.25, 0.3) is 10.9 Å². The van der Waals surface area contributed by atoms with Crippen molar-refractivity contribution in [2.75, 3.05) is 11.4 Å². The van der Waals surface area contributed by atoms with Crippen molar-refractivity contribution >= 4 is 22.5 Å². The van der Waals surface area contributed by atoms with E-state index >= 15 is 0 Å². The monoisotopic (exact) mass is 321 g/mol. The van der Waals surface area contributed by atoms with E-state index in [1.165, 1.54) is 0 Å². The van der Waals surface area contributed by atoms with Crippen molar-refractivity contribution in [3.05, 3.63) is 70.5 Å². The fourth-order valence-electron chi connectivity index (χ4n) is 2.80. The van der Waals surface area contributed by atoms with Gasteiger partial charge in [0, 0.05) is 24.2 Å². The Labute approximate surface area is 140 Å². The number of fused-ring (bicyclic) bond motifs is 1. The Bertz CT molecular complexity index is 932. The second kappa shape index (κ2) is 6.66. The molecule has 0 atom stereocenters. The molecule has 0 aliphatic carbocycles. The molecule has 0 spiro atoms. The van der Waals surface area contributed by atoms with Gasteiger partial charge in [-0.3, -0.25) is 14.3 Å². The van der Waals surface area contributed by atoms with Crippen molar-refractivity contribution in [2.24, 2.45) is 0 Å². The molecule has 1 aromatic heterocycles. The topological polar surface area (TPSA) is 55.2 Å². The molecule has 0 aliphatic rings. The summed E-state index contributed by atoms with van der Waals surface area (Å²) in [5, 5.41) is 4.84. The Hall–Kier alpha value is -2.95. The van der Waals surface area contributed by atoms with E-state index in [0.29, 0.717) is 18.5 Å². The van der Waals surface area contributed by atoms with E-state index in [-0.39, 0.29) is 17.0 Å². The minimum absolute atomic E-state index is 0.0405. The van der Waals surface area contributed by atoms with Crippen LogP contribution in [-0.2, 0) is 6.54 Å². The lowest BCUT2D eigenvalue weighted by atomic mass is 10.1. The van der Waals surface area contributed by atoms with Crippen molar-refractivity contribution in [2.45, 2.75) is 20.4 Å². The highest BCUT2D eigenvalue weighted by Gasteiger charge is 2.22. The third kappa shape index (κ3) is 2.69. The van der Waals surface area contributed by atoms with Crippen LogP contribution < -0.4 is 10.3 Å². The van der Waals surface area contributed by atoms with Crippen LogP contribution in [0.4, 0.5) is 5.69 Å². The normalized spacial score (nSPS) is 10.8. The quantitative estimate of drug-likeness (QED) is 0.742. The van der Waals surface area contributed by atoms with Crippen molar-refractivity contribution in [1.29, 1.82) is 0 Å². The van der Waals surface area contributed by atoms with Crippen LogP contribution in [0.1, 0.15) is 24.3 Å². The Morgan fingerprint density at radius 1 is 1.04 bits per heavy atom. The number of nitrogens with zero attached hydrogens (tertiary/aromatic N) is 3. The number of anilines is 1. The third-order valence-electron chi connectivity index (χ3n) is 3.99. The van der Waals surface area contributed by atoms with Gasteiger partial charge in [-0.25, -0.2) is 0 Å². The second-order valence-corrected chi connectivity index (χ2v) is 5.40. The van der Waals surface area contributed by atoms with Crippen LogP contribution in [0.15, 0.2) is 59.4 Å². The lowest BCUT2D eigenvalue weighted by molar-refractivity contribution is 0.0980. The molecule has 0 saturated heterocycles. The fourth-order valence-corrected chi connectivity index (χ4v) is 2.80. The molecule has 0 bridgehead atoms. The van der Waals surface area contributed by atoms with Crippen molar-refractivity contribution in [3.8, 4) is 0 Å². The van der Waals surface area contributed by atoms with Gasteiger partial charge in [0.25, 0.3) is 5.91 Å². The molecule has 0 saturated carbocycles. The third-order valence-corrected chi connectivity index (χ3v) is 3.99. The number of benzene rings is 2. The van der Waals surface area contributed by atoms with Gasteiger partial charge in [-0.05, 0) is 38.1 Å². The van der Waals surface area contributed by atoms with Gasteiger partial charge in [-0.2, -0.15) is 5.10 Å². The summed E-state index contributed by atoms with van der Waals surface area (Å²) in [6, 6.07) is 16.6. The highest BCUT2D eigenvalue weighted by Crippen LogP contribution is 2.16. The van der Waals surface area contributed by atoms with E-state index in [0.717, 1.165) is 11.2 Å². The molecule has 0 aliphatic heterocycles. The smallest absolute Gasteiger partial charge is 0.282 e. The molecule has 122 valence electrons. The van der Waals surface area contributed by atoms with E-state index in [2.05, 4.69) is 5.10 Å². The Kier molecular flexibility index (Phi) is 4.42. The van der Waals surface area contributed by atoms with E-state index in [9.17, 15) is 9.59 Å². The van der Waals surface area contributed by atoms with Crippen molar-refractivity contribution in [3.63, 3.8) is 0 Å². The SMILES string of the molecule is CCN(C(=O)c1nn(CC)c2ccccc2c1=O)c1ccccc1. The number of rotatable bonds is 4. The van der Waals surface area contributed by atoms with E-state index in [4.69, 9.17) is 0 Å². The molecule has 0 radical (unpaired) electrons. The first kappa shape index (κ1) is 15.9. The van der Waals surface area contributed by atoms with Gasteiger partial charge >= 0.3 is 0 Å². The summed E-state index contributed by atoms with van der Waals surface area (Å²) in [4.78, 5) is 27.3. The van der Waals surface area contributed by atoms with E-state index in [1.54, 1.807) is 21.7 Å². The van der Waals surface area contributed by atoms with Crippen LogP contribution in [0, 0.1) is 0 Å². The average molecular weight is 321 g/mol. The highest BCUT2D eigenvalue weighted by molar-refractivity contribution is 6.05. The molecule has 3 aromatic rings. The molecular formula is C19H19N3O2. The molecule has 5 heteroatoms. The predicted octanol–water partition coefficient (Wildman–Crippen LogP) is 3.08. The molecule has 3 rings (SSSR count). The maximum absolute atomic E-state index is 13.0. The predicted molar refractivity (Wildman–Crippen MR) is 95.5 cm³/mol. The first-order valence-corrected chi connectivity index (χ1v) is 8.04. The first-order valence-electron chi connectivity index (χ1n) is 8.04. The standard InChI is InChI=1S/C19H19N3O2/c1-3-21(14-10-6-5-7-11-14)19(24)17-18(23)15-12-8-9-13-16(15)22(4-2)20-17/h5-13H,3-4H2,1-2H3. The molecule has 2 aromatic carbocycles. The summed E-state index contributed by atoms with van der Waals surface area (Å²) in [7, 11) is 0.